The van der Waals surface area contributed by atoms with Gasteiger partial charge < -0.3 is 0 Å². The summed E-state index contributed by atoms with van der Waals surface area (Å²) in [6.45, 7) is 6.95. The SMILES string of the molecule is CCCCc1cn(C(C)CC)c(=O)n1Cc1ccc(-c2ccncc2-c2nn[nH]n2)cc1. The van der Waals surface area contributed by atoms with Crippen LogP contribution < -0.4 is 5.69 Å². The van der Waals surface area contributed by atoms with Gasteiger partial charge in [-0.05, 0) is 54.2 Å². The molecule has 1 unspecified atom stereocenters. The molecule has 1 atom stereocenters. The predicted molar refractivity (Wildman–Crippen MR) is 124 cm³/mol. The molecule has 0 spiro atoms. The van der Waals surface area contributed by atoms with Crippen LogP contribution in [0.25, 0.3) is 22.5 Å². The second kappa shape index (κ2) is 9.72. The first-order chi connectivity index (χ1) is 15.6. The lowest BCUT2D eigenvalue weighted by molar-refractivity contribution is 0.504. The molecule has 0 radical (unpaired) electrons. The van der Waals surface area contributed by atoms with E-state index in [9.17, 15) is 4.79 Å². The molecule has 8 nitrogen and oxygen atoms in total. The highest BCUT2D eigenvalue weighted by atomic mass is 16.1. The summed E-state index contributed by atoms with van der Waals surface area (Å²) < 4.78 is 3.81. The van der Waals surface area contributed by atoms with Gasteiger partial charge in [-0.3, -0.25) is 14.1 Å². The molecule has 0 aliphatic carbocycles. The number of aromatic amines is 1. The molecule has 32 heavy (non-hydrogen) atoms. The van der Waals surface area contributed by atoms with E-state index < -0.39 is 0 Å². The van der Waals surface area contributed by atoms with Crippen LogP contribution in [0.3, 0.4) is 0 Å². The van der Waals surface area contributed by atoms with Gasteiger partial charge in [0.25, 0.3) is 0 Å². The Balaban J connectivity index is 1.63. The number of aromatic nitrogens is 7. The number of rotatable bonds is 9. The molecule has 0 bridgehead atoms. The molecule has 8 heteroatoms. The van der Waals surface area contributed by atoms with Gasteiger partial charge >= 0.3 is 5.69 Å². The second-order valence-corrected chi connectivity index (χ2v) is 8.11. The zero-order chi connectivity index (χ0) is 22.5. The van der Waals surface area contributed by atoms with Gasteiger partial charge in [0, 0.05) is 35.9 Å². The number of pyridine rings is 1. The van der Waals surface area contributed by atoms with E-state index in [-0.39, 0.29) is 11.7 Å². The van der Waals surface area contributed by atoms with Crippen molar-refractivity contribution >= 4 is 0 Å². The fourth-order valence-electron chi connectivity index (χ4n) is 3.86. The fourth-order valence-corrected chi connectivity index (χ4v) is 3.86. The van der Waals surface area contributed by atoms with Crippen molar-refractivity contribution in [3.8, 4) is 22.5 Å². The molecule has 0 aliphatic heterocycles. The maximum atomic E-state index is 13.1. The van der Waals surface area contributed by atoms with Gasteiger partial charge in [0.1, 0.15) is 0 Å². The van der Waals surface area contributed by atoms with Crippen LogP contribution in [0.15, 0.2) is 53.7 Å². The van der Waals surface area contributed by atoms with E-state index in [0.717, 1.165) is 53.6 Å². The van der Waals surface area contributed by atoms with Crippen LogP contribution in [-0.2, 0) is 13.0 Å². The molecule has 4 aromatic rings. The first kappa shape index (κ1) is 21.7. The quantitative estimate of drug-likeness (QED) is 0.427. The van der Waals surface area contributed by atoms with Crippen molar-refractivity contribution in [3.63, 3.8) is 0 Å². The molecular formula is C24H29N7O. The third-order valence-corrected chi connectivity index (χ3v) is 5.95. The van der Waals surface area contributed by atoms with Crippen LogP contribution in [0.2, 0.25) is 0 Å². The van der Waals surface area contributed by atoms with Crippen molar-refractivity contribution in [2.45, 2.75) is 59.0 Å². The number of hydrogen-bond acceptors (Lipinski definition) is 5. The predicted octanol–water partition coefficient (Wildman–Crippen LogP) is 4.25. The third-order valence-electron chi connectivity index (χ3n) is 5.95. The van der Waals surface area contributed by atoms with Crippen molar-refractivity contribution in [1.29, 1.82) is 0 Å². The van der Waals surface area contributed by atoms with Gasteiger partial charge in [-0.25, -0.2) is 4.79 Å². The zero-order valence-electron chi connectivity index (χ0n) is 18.8. The molecule has 0 amide bonds. The highest BCUT2D eigenvalue weighted by Crippen LogP contribution is 2.29. The Morgan fingerprint density at radius 3 is 2.59 bits per heavy atom. The Hall–Kier alpha value is -3.55. The van der Waals surface area contributed by atoms with Crippen LogP contribution in [0.4, 0.5) is 0 Å². The number of benzene rings is 1. The number of nitrogens with zero attached hydrogens (tertiary/aromatic N) is 6. The van der Waals surface area contributed by atoms with Crippen LogP contribution >= 0.6 is 0 Å². The minimum atomic E-state index is 0.0723. The van der Waals surface area contributed by atoms with Gasteiger partial charge in [0.2, 0.25) is 5.82 Å². The molecule has 1 aromatic carbocycles. The van der Waals surface area contributed by atoms with E-state index in [2.05, 4.69) is 76.8 Å². The van der Waals surface area contributed by atoms with Gasteiger partial charge in [0.05, 0.1) is 6.54 Å². The monoisotopic (exact) mass is 431 g/mol. The largest absolute Gasteiger partial charge is 0.328 e. The van der Waals surface area contributed by atoms with E-state index >= 15 is 0 Å². The number of unbranched alkanes of at least 4 members (excludes halogenated alkanes) is 1. The standard InChI is InChI=1S/C24H29N7O/c1-4-6-7-20-16-30(17(3)5-2)24(32)31(20)15-18-8-10-19(11-9-18)21-12-13-25-14-22(21)23-26-28-29-27-23/h8-14,16-17H,4-7,15H2,1-3H3,(H,26,27,28,29). The van der Waals surface area contributed by atoms with E-state index in [0.29, 0.717) is 12.4 Å². The Bertz CT molecular complexity index is 1210. The van der Waals surface area contributed by atoms with Crippen molar-refractivity contribution in [2.75, 3.05) is 0 Å². The maximum absolute atomic E-state index is 13.1. The van der Waals surface area contributed by atoms with E-state index in [4.69, 9.17) is 0 Å². The van der Waals surface area contributed by atoms with Crippen molar-refractivity contribution in [1.82, 2.24) is 34.7 Å². The Kier molecular flexibility index (Phi) is 6.58. The molecule has 0 aliphatic rings. The summed E-state index contributed by atoms with van der Waals surface area (Å²) in [5.41, 5.74) is 5.10. The average molecular weight is 432 g/mol. The van der Waals surface area contributed by atoms with Gasteiger partial charge in [-0.1, -0.05) is 44.5 Å². The number of aryl methyl sites for hydroxylation is 1. The first-order valence-electron chi connectivity index (χ1n) is 11.2. The molecule has 0 saturated carbocycles. The van der Waals surface area contributed by atoms with E-state index in [1.54, 1.807) is 12.4 Å². The smallest absolute Gasteiger partial charge is 0.296 e. The lowest BCUT2D eigenvalue weighted by Gasteiger charge is -2.10. The average Bonchev–Trinajstić information content (AvgIpc) is 3.47. The molecular weight excluding hydrogens is 402 g/mol. The molecule has 0 fully saturated rings. The van der Waals surface area contributed by atoms with Crippen molar-refractivity contribution in [3.05, 3.63) is 70.7 Å². The summed E-state index contributed by atoms with van der Waals surface area (Å²) in [6.07, 6.45) is 9.57. The number of imidazole rings is 1. The number of tetrazole rings is 1. The summed E-state index contributed by atoms with van der Waals surface area (Å²) in [7, 11) is 0. The lowest BCUT2D eigenvalue weighted by Crippen LogP contribution is -2.27. The lowest BCUT2D eigenvalue weighted by atomic mass is 10.00. The van der Waals surface area contributed by atoms with Crippen molar-refractivity contribution < 1.29 is 0 Å². The molecule has 0 saturated heterocycles. The highest BCUT2D eigenvalue weighted by molar-refractivity contribution is 5.79. The van der Waals surface area contributed by atoms with Gasteiger partial charge in [0.15, 0.2) is 0 Å². The molecule has 166 valence electrons. The minimum Gasteiger partial charge on any atom is -0.296 e. The summed E-state index contributed by atoms with van der Waals surface area (Å²) >= 11 is 0. The molecule has 3 aromatic heterocycles. The van der Waals surface area contributed by atoms with Gasteiger partial charge in [-0.2, -0.15) is 5.21 Å². The Morgan fingerprint density at radius 2 is 1.91 bits per heavy atom. The van der Waals surface area contributed by atoms with Crippen LogP contribution in [0.1, 0.15) is 57.3 Å². The second-order valence-electron chi connectivity index (χ2n) is 8.11. The minimum absolute atomic E-state index is 0.0723. The summed E-state index contributed by atoms with van der Waals surface area (Å²) in [4.78, 5) is 17.3. The van der Waals surface area contributed by atoms with Gasteiger partial charge in [-0.15, -0.1) is 10.2 Å². The van der Waals surface area contributed by atoms with Crippen molar-refractivity contribution in [2.24, 2.45) is 0 Å². The topological polar surface area (TPSA) is 94.3 Å². The third kappa shape index (κ3) is 4.39. The van der Waals surface area contributed by atoms with Crippen LogP contribution in [0.5, 0.6) is 0 Å². The number of nitrogens with one attached hydrogen (secondary N) is 1. The van der Waals surface area contributed by atoms with E-state index in [1.165, 1.54) is 0 Å². The molecule has 1 N–H and O–H groups in total. The maximum Gasteiger partial charge on any atom is 0.328 e. The molecule has 4 rings (SSSR count). The van der Waals surface area contributed by atoms with E-state index in [1.807, 2.05) is 15.2 Å². The number of H-pyrrole nitrogens is 1. The highest BCUT2D eigenvalue weighted by Gasteiger charge is 2.15. The van der Waals surface area contributed by atoms with Crippen LogP contribution in [-0.4, -0.2) is 34.7 Å². The Labute approximate surface area is 187 Å². The molecule has 3 heterocycles. The zero-order valence-corrected chi connectivity index (χ0v) is 18.8. The first-order valence-corrected chi connectivity index (χ1v) is 11.2. The summed E-state index contributed by atoms with van der Waals surface area (Å²) in [6, 6.07) is 10.4. The normalized spacial score (nSPS) is 12.2. The Morgan fingerprint density at radius 1 is 1.09 bits per heavy atom. The summed E-state index contributed by atoms with van der Waals surface area (Å²) in [5, 5.41) is 14.3. The van der Waals surface area contributed by atoms with Crippen LogP contribution in [0, 0.1) is 0 Å². The summed E-state index contributed by atoms with van der Waals surface area (Å²) in [5.74, 6) is 0.510. The fraction of sp³-hybridized carbons (Fsp3) is 0.375. The number of hydrogen-bond donors (Lipinski definition) is 1.